The Morgan fingerprint density at radius 1 is 1.12 bits per heavy atom. The molecule has 10 heteroatoms. The molecule has 0 saturated carbocycles. The van der Waals surface area contributed by atoms with Crippen LogP contribution in [0, 0.1) is 0 Å². The highest BCUT2D eigenvalue weighted by Crippen LogP contribution is 2.32. The molecule has 0 radical (unpaired) electrons. The summed E-state index contributed by atoms with van der Waals surface area (Å²) < 4.78 is 26.9. The highest BCUT2D eigenvalue weighted by atomic mass is 127. The summed E-state index contributed by atoms with van der Waals surface area (Å²) in [5.74, 6) is 1.90. The van der Waals surface area contributed by atoms with Gasteiger partial charge in [0, 0.05) is 51.4 Å². The first-order valence-corrected chi connectivity index (χ1v) is 10.9. The summed E-state index contributed by atoms with van der Waals surface area (Å²) in [6.07, 6.45) is 2.65. The van der Waals surface area contributed by atoms with Crippen LogP contribution >= 0.6 is 24.0 Å². The third-order valence-corrected chi connectivity index (χ3v) is 4.31. The second kappa shape index (κ2) is 17.7. The van der Waals surface area contributed by atoms with Gasteiger partial charge >= 0.3 is 5.97 Å². The number of aliphatic imine (C=N–C) groups is 1. The molecule has 182 valence electrons. The number of rotatable bonds is 13. The van der Waals surface area contributed by atoms with Gasteiger partial charge in [-0.2, -0.15) is 0 Å². The molecule has 32 heavy (non-hydrogen) atoms. The van der Waals surface area contributed by atoms with E-state index < -0.39 is 0 Å². The fourth-order valence-corrected chi connectivity index (χ4v) is 2.79. The molecule has 1 aromatic rings. The largest absolute Gasteiger partial charge is 0.490 e. The van der Waals surface area contributed by atoms with Crippen molar-refractivity contribution < 1.29 is 28.5 Å². The van der Waals surface area contributed by atoms with Gasteiger partial charge in [-0.1, -0.05) is 0 Å². The second-order valence-electron chi connectivity index (χ2n) is 6.86. The molecule has 1 heterocycles. The number of methoxy groups -OCH3 is 1. The molecule has 0 aromatic heterocycles. The molecule has 0 amide bonds. The zero-order valence-electron chi connectivity index (χ0n) is 19.0. The third-order valence-electron chi connectivity index (χ3n) is 4.31. The van der Waals surface area contributed by atoms with Crippen LogP contribution in [0.2, 0.25) is 0 Å². The van der Waals surface area contributed by atoms with Gasteiger partial charge in [0.2, 0.25) is 0 Å². The zero-order valence-corrected chi connectivity index (χ0v) is 21.4. The molecule has 9 nitrogen and oxygen atoms in total. The lowest BCUT2D eigenvalue weighted by Crippen LogP contribution is -2.32. The first-order valence-electron chi connectivity index (χ1n) is 10.9. The Bertz CT molecular complexity index is 690. The highest BCUT2D eigenvalue weighted by Gasteiger charge is 2.11. The van der Waals surface area contributed by atoms with Crippen LogP contribution in [0.4, 0.5) is 5.69 Å². The fourth-order valence-electron chi connectivity index (χ4n) is 2.79. The lowest BCUT2D eigenvalue weighted by molar-refractivity contribution is -0.143. The maximum absolute atomic E-state index is 11.5. The molecule has 1 aliphatic rings. The Morgan fingerprint density at radius 3 is 2.72 bits per heavy atom. The van der Waals surface area contributed by atoms with Crippen molar-refractivity contribution in [3.05, 3.63) is 18.2 Å². The monoisotopic (exact) mass is 565 g/mol. The van der Waals surface area contributed by atoms with Crippen LogP contribution in [0.15, 0.2) is 23.2 Å². The number of nitrogens with one attached hydrogen (secondary N) is 2. The molecule has 2 N–H and O–H groups in total. The van der Waals surface area contributed by atoms with E-state index in [4.69, 9.17) is 23.7 Å². The number of carbonyl (C=O) groups is 1. The number of carbonyl (C=O) groups excluding carboxylic acids is 1. The Morgan fingerprint density at radius 2 is 1.94 bits per heavy atom. The number of guanidine groups is 1. The first kappa shape index (κ1) is 28.2. The number of halogens is 1. The number of anilines is 1. The average Bonchev–Trinajstić information content (AvgIpc) is 3.01. The van der Waals surface area contributed by atoms with Crippen LogP contribution in [0.25, 0.3) is 0 Å². The Hall–Kier alpha value is -1.79. The minimum atomic E-state index is -0.198. The van der Waals surface area contributed by atoms with Crippen molar-refractivity contribution in [1.82, 2.24) is 5.32 Å². The van der Waals surface area contributed by atoms with Gasteiger partial charge in [0.25, 0.3) is 0 Å². The van der Waals surface area contributed by atoms with Crippen LogP contribution in [-0.2, 0) is 19.0 Å². The predicted octanol–water partition coefficient (Wildman–Crippen LogP) is 3.22. The smallest absolute Gasteiger partial charge is 0.305 e. The summed E-state index contributed by atoms with van der Waals surface area (Å²) in [6.45, 7) is 6.49. The molecule has 0 aliphatic carbocycles. The normalized spacial score (nSPS) is 13.0. The van der Waals surface area contributed by atoms with E-state index in [1.165, 1.54) is 0 Å². The third kappa shape index (κ3) is 11.7. The highest BCUT2D eigenvalue weighted by molar-refractivity contribution is 14.0. The minimum Gasteiger partial charge on any atom is -0.490 e. The predicted molar refractivity (Wildman–Crippen MR) is 135 cm³/mol. The summed E-state index contributed by atoms with van der Waals surface area (Å²) in [5, 5.41) is 6.60. The van der Waals surface area contributed by atoms with Gasteiger partial charge in [0.1, 0.15) is 0 Å². The topological polar surface area (TPSA) is 99.6 Å². The number of benzene rings is 1. The lowest BCUT2D eigenvalue weighted by atomic mass is 10.2. The Labute approximate surface area is 207 Å². The van der Waals surface area contributed by atoms with E-state index in [1.807, 2.05) is 18.2 Å². The molecular weight excluding hydrogens is 529 g/mol. The van der Waals surface area contributed by atoms with Crippen molar-refractivity contribution in [3.63, 3.8) is 0 Å². The molecule has 1 aliphatic heterocycles. The Balaban J connectivity index is 0.00000512. The fraction of sp³-hybridized carbons (Fsp3) is 0.636. The van der Waals surface area contributed by atoms with Crippen molar-refractivity contribution in [2.75, 3.05) is 65.2 Å². The van der Waals surface area contributed by atoms with E-state index in [0.717, 1.165) is 30.0 Å². The van der Waals surface area contributed by atoms with E-state index in [-0.39, 0.29) is 29.9 Å². The summed E-state index contributed by atoms with van der Waals surface area (Å²) in [4.78, 5) is 16.1. The Kier molecular flexibility index (Phi) is 15.6. The van der Waals surface area contributed by atoms with Crippen molar-refractivity contribution in [2.24, 2.45) is 4.99 Å². The van der Waals surface area contributed by atoms with Gasteiger partial charge in [0.15, 0.2) is 17.5 Å². The van der Waals surface area contributed by atoms with Crippen molar-refractivity contribution in [1.29, 1.82) is 0 Å². The lowest BCUT2D eigenvalue weighted by Gasteiger charge is -2.15. The number of hydrogen-bond donors (Lipinski definition) is 2. The molecule has 2 rings (SSSR count). The van der Waals surface area contributed by atoms with Gasteiger partial charge < -0.3 is 34.3 Å². The van der Waals surface area contributed by atoms with Crippen LogP contribution in [-0.4, -0.2) is 71.8 Å². The SMILES string of the molecule is CCOC(=O)CCCN=C(NCCCOCCOC)Nc1ccc2c(c1)OCCCO2.I. The van der Waals surface area contributed by atoms with Crippen LogP contribution in [0.1, 0.15) is 32.6 Å². The standard InChI is InChI=1S/C22H35N3O6.HI/c1-3-29-21(26)7-4-10-23-22(24-11-5-12-28-16-15-27-2)25-18-8-9-19-20(17-18)31-14-6-13-30-19;/h8-9,17H,3-7,10-16H2,1-2H3,(H2,23,24,25);1H. The van der Waals surface area contributed by atoms with Gasteiger partial charge in [-0.3, -0.25) is 9.79 Å². The van der Waals surface area contributed by atoms with E-state index >= 15 is 0 Å². The van der Waals surface area contributed by atoms with Crippen molar-refractivity contribution in [2.45, 2.75) is 32.6 Å². The molecule has 0 unspecified atom stereocenters. The van der Waals surface area contributed by atoms with Gasteiger partial charge in [-0.25, -0.2) is 0 Å². The van der Waals surface area contributed by atoms with Crippen LogP contribution in [0.5, 0.6) is 11.5 Å². The quantitative estimate of drug-likeness (QED) is 0.124. The maximum Gasteiger partial charge on any atom is 0.305 e. The molecule has 0 bridgehead atoms. The summed E-state index contributed by atoms with van der Waals surface area (Å²) in [7, 11) is 1.65. The van der Waals surface area contributed by atoms with E-state index in [1.54, 1.807) is 14.0 Å². The summed E-state index contributed by atoms with van der Waals surface area (Å²) in [5.41, 5.74) is 0.845. The van der Waals surface area contributed by atoms with E-state index in [0.29, 0.717) is 71.5 Å². The van der Waals surface area contributed by atoms with E-state index in [9.17, 15) is 4.79 Å². The van der Waals surface area contributed by atoms with Crippen molar-refractivity contribution >= 4 is 41.6 Å². The number of fused-ring (bicyclic) bond motifs is 1. The van der Waals surface area contributed by atoms with E-state index in [2.05, 4.69) is 15.6 Å². The number of esters is 1. The second-order valence-corrected chi connectivity index (χ2v) is 6.86. The first-order chi connectivity index (χ1) is 15.2. The van der Waals surface area contributed by atoms with Crippen molar-refractivity contribution in [3.8, 4) is 11.5 Å². The number of nitrogens with zero attached hydrogens (tertiary/aromatic N) is 1. The molecule has 0 spiro atoms. The van der Waals surface area contributed by atoms with Crippen LogP contribution in [0.3, 0.4) is 0 Å². The minimum absolute atomic E-state index is 0. The summed E-state index contributed by atoms with van der Waals surface area (Å²) in [6, 6.07) is 5.73. The number of ether oxygens (including phenoxy) is 5. The van der Waals surface area contributed by atoms with Gasteiger partial charge in [-0.05, 0) is 31.9 Å². The molecule has 0 fully saturated rings. The average molecular weight is 565 g/mol. The number of hydrogen-bond acceptors (Lipinski definition) is 7. The zero-order chi connectivity index (χ0) is 22.2. The van der Waals surface area contributed by atoms with Crippen LogP contribution < -0.4 is 20.1 Å². The molecular formula is C22H36IN3O6. The summed E-state index contributed by atoms with van der Waals surface area (Å²) >= 11 is 0. The maximum atomic E-state index is 11.5. The van der Waals surface area contributed by atoms with Gasteiger partial charge in [-0.15, -0.1) is 24.0 Å². The van der Waals surface area contributed by atoms with Gasteiger partial charge in [0.05, 0.1) is 33.0 Å². The molecule has 1 aromatic carbocycles. The molecule has 0 atom stereocenters. The molecule has 0 saturated heterocycles.